The van der Waals surface area contributed by atoms with Gasteiger partial charge in [0.05, 0.1) is 13.2 Å². The van der Waals surface area contributed by atoms with Crippen LogP contribution in [0.3, 0.4) is 0 Å². The summed E-state index contributed by atoms with van der Waals surface area (Å²) in [5, 5.41) is 0. The van der Waals surface area contributed by atoms with Crippen LogP contribution in [-0.2, 0) is 16.1 Å². The summed E-state index contributed by atoms with van der Waals surface area (Å²) < 4.78 is 10.6. The molecule has 0 aliphatic carbocycles. The molecule has 0 atom stereocenters. The van der Waals surface area contributed by atoms with Gasteiger partial charge in [-0.2, -0.15) is 0 Å². The number of carbonyl (C=O) groups is 1. The van der Waals surface area contributed by atoms with Crippen LogP contribution in [0.5, 0.6) is 0 Å². The fourth-order valence-corrected chi connectivity index (χ4v) is 2.04. The van der Waals surface area contributed by atoms with Gasteiger partial charge in [-0.15, -0.1) is 0 Å². The van der Waals surface area contributed by atoms with Gasteiger partial charge in [0.1, 0.15) is 6.61 Å². The van der Waals surface area contributed by atoms with Gasteiger partial charge in [-0.3, -0.25) is 4.90 Å². The summed E-state index contributed by atoms with van der Waals surface area (Å²) >= 11 is 0. The number of likely N-dealkylation sites (N-methyl/N-ethyl adjacent to an activating group) is 1. The van der Waals surface area contributed by atoms with Gasteiger partial charge in [0, 0.05) is 33.2 Å². The lowest BCUT2D eigenvalue weighted by atomic mass is 10.2. The Bertz CT molecular complexity index is 405. The maximum absolute atomic E-state index is 11.8. The van der Waals surface area contributed by atoms with Crippen molar-refractivity contribution in [3.63, 3.8) is 0 Å². The van der Waals surface area contributed by atoms with Gasteiger partial charge in [-0.05, 0) is 5.56 Å². The van der Waals surface area contributed by atoms with E-state index in [1.807, 2.05) is 30.3 Å². The van der Waals surface area contributed by atoms with Crippen LogP contribution in [0, 0.1) is 0 Å². The van der Waals surface area contributed by atoms with E-state index in [2.05, 4.69) is 4.90 Å². The summed E-state index contributed by atoms with van der Waals surface area (Å²) in [4.78, 5) is 15.8. The van der Waals surface area contributed by atoms with E-state index in [1.54, 1.807) is 11.9 Å². The lowest BCUT2D eigenvalue weighted by Gasteiger charge is -2.28. The number of ether oxygens (including phenoxy) is 2. The molecule has 1 amide bonds. The molecule has 1 aliphatic rings. The van der Waals surface area contributed by atoms with Crippen LogP contribution < -0.4 is 0 Å². The van der Waals surface area contributed by atoms with E-state index in [0.29, 0.717) is 13.2 Å². The minimum Gasteiger partial charge on any atom is -0.445 e. The Labute approximate surface area is 120 Å². The molecule has 1 aromatic rings. The number of hydrogen-bond donors (Lipinski definition) is 0. The minimum atomic E-state index is -0.276. The fraction of sp³-hybridized carbons (Fsp3) is 0.533. The molecule has 2 rings (SSSR count). The standard InChI is InChI=1S/C15H22N2O3/c1-16(7-8-17-9-11-19-12-10-17)15(18)20-13-14-5-3-2-4-6-14/h2-6H,7-13H2,1H3. The summed E-state index contributed by atoms with van der Waals surface area (Å²) in [7, 11) is 1.77. The first-order chi connectivity index (χ1) is 9.75. The molecule has 1 fully saturated rings. The molecule has 0 saturated carbocycles. The van der Waals surface area contributed by atoms with Crippen LogP contribution >= 0.6 is 0 Å². The molecule has 0 spiro atoms. The molecular weight excluding hydrogens is 256 g/mol. The highest BCUT2D eigenvalue weighted by molar-refractivity contribution is 5.67. The third-order valence-corrected chi connectivity index (χ3v) is 3.37. The minimum absolute atomic E-state index is 0.276. The smallest absolute Gasteiger partial charge is 0.409 e. The quantitative estimate of drug-likeness (QED) is 0.820. The first-order valence-electron chi connectivity index (χ1n) is 6.97. The maximum atomic E-state index is 11.8. The lowest BCUT2D eigenvalue weighted by Crippen LogP contribution is -2.42. The predicted octanol–water partition coefficient (Wildman–Crippen LogP) is 1.59. The van der Waals surface area contributed by atoms with Crippen LogP contribution in [0.1, 0.15) is 5.56 Å². The van der Waals surface area contributed by atoms with Crippen LogP contribution in [0.4, 0.5) is 4.79 Å². The van der Waals surface area contributed by atoms with E-state index in [9.17, 15) is 4.79 Å². The molecule has 0 bridgehead atoms. The van der Waals surface area contributed by atoms with E-state index >= 15 is 0 Å². The normalized spacial score (nSPS) is 15.8. The van der Waals surface area contributed by atoms with Gasteiger partial charge in [0.2, 0.25) is 0 Å². The Kier molecular flexibility index (Phi) is 5.83. The van der Waals surface area contributed by atoms with Crippen molar-refractivity contribution >= 4 is 6.09 Å². The summed E-state index contributed by atoms with van der Waals surface area (Å²) in [5.41, 5.74) is 1.00. The van der Waals surface area contributed by atoms with Crippen molar-refractivity contribution in [3.8, 4) is 0 Å². The van der Waals surface area contributed by atoms with Gasteiger partial charge in [0.15, 0.2) is 0 Å². The average Bonchev–Trinajstić information content (AvgIpc) is 2.52. The summed E-state index contributed by atoms with van der Waals surface area (Å²) in [5.74, 6) is 0. The number of carbonyl (C=O) groups excluding carboxylic acids is 1. The maximum Gasteiger partial charge on any atom is 0.409 e. The molecular formula is C15H22N2O3. The van der Waals surface area contributed by atoms with Crippen LogP contribution in [-0.4, -0.2) is 62.3 Å². The topological polar surface area (TPSA) is 42.0 Å². The van der Waals surface area contributed by atoms with Crippen LogP contribution in [0.2, 0.25) is 0 Å². The van der Waals surface area contributed by atoms with Gasteiger partial charge >= 0.3 is 6.09 Å². The number of amides is 1. The Morgan fingerprint density at radius 1 is 1.30 bits per heavy atom. The zero-order chi connectivity index (χ0) is 14.2. The highest BCUT2D eigenvalue weighted by Crippen LogP contribution is 2.03. The van der Waals surface area contributed by atoms with Crippen LogP contribution in [0.15, 0.2) is 30.3 Å². The SMILES string of the molecule is CN(CCN1CCOCC1)C(=O)OCc1ccccc1. The van der Waals surface area contributed by atoms with Gasteiger partial charge in [-0.25, -0.2) is 4.79 Å². The van der Waals surface area contributed by atoms with Crippen molar-refractivity contribution in [2.24, 2.45) is 0 Å². The molecule has 1 saturated heterocycles. The zero-order valence-electron chi connectivity index (χ0n) is 12.0. The molecule has 0 aromatic heterocycles. The van der Waals surface area contributed by atoms with E-state index < -0.39 is 0 Å². The molecule has 110 valence electrons. The molecule has 1 aliphatic heterocycles. The molecule has 5 heteroatoms. The third kappa shape index (κ3) is 4.83. The van der Waals surface area contributed by atoms with Crippen molar-refractivity contribution in [1.82, 2.24) is 9.80 Å². The van der Waals surface area contributed by atoms with Crippen LogP contribution in [0.25, 0.3) is 0 Å². The van der Waals surface area contributed by atoms with Crippen molar-refractivity contribution in [3.05, 3.63) is 35.9 Å². The number of morpholine rings is 1. The molecule has 20 heavy (non-hydrogen) atoms. The van der Waals surface area contributed by atoms with Crippen molar-refractivity contribution in [2.75, 3.05) is 46.4 Å². The number of hydrogen-bond acceptors (Lipinski definition) is 4. The highest BCUT2D eigenvalue weighted by atomic mass is 16.6. The number of nitrogens with zero attached hydrogens (tertiary/aromatic N) is 2. The highest BCUT2D eigenvalue weighted by Gasteiger charge is 2.14. The Hall–Kier alpha value is -1.59. The number of benzene rings is 1. The van der Waals surface area contributed by atoms with Crippen molar-refractivity contribution < 1.29 is 14.3 Å². The number of rotatable bonds is 5. The first kappa shape index (κ1) is 14.8. The van der Waals surface area contributed by atoms with E-state index in [4.69, 9.17) is 9.47 Å². The average molecular weight is 278 g/mol. The zero-order valence-corrected chi connectivity index (χ0v) is 12.0. The molecule has 0 radical (unpaired) electrons. The van der Waals surface area contributed by atoms with Gasteiger partial charge in [0.25, 0.3) is 0 Å². The molecule has 0 N–H and O–H groups in total. The fourth-order valence-electron chi connectivity index (χ4n) is 2.04. The van der Waals surface area contributed by atoms with Gasteiger partial charge in [-0.1, -0.05) is 30.3 Å². The lowest BCUT2D eigenvalue weighted by molar-refractivity contribution is 0.0332. The second-order valence-corrected chi connectivity index (χ2v) is 4.92. The monoisotopic (exact) mass is 278 g/mol. The van der Waals surface area contributed by atoms with Crippen molar-refractivity contribution in [2.45, 2.75) is 6.61 Å². The first-order valence-corrected chi connectivity index (χ1v) is 6.97. The molecule has 0 unspecified atom stereocenters. The van der Waals surface area contributed by atoms with Gasteiger partial charge < -0.3 is 14.4 Å². The molecule has 5 nitrogen and oxygen atoms in total. The third-order valence-electron chi connectivity index (χ3n) is 3.37. The Morgan fingerprint density at radius 2 is 2.00 bits per heavy atom. The predicted molar refractivity (Wildman–Crippen MR) is 76.5 cm³/mol. The van der Waals surface area contributed by atoms with E-state index in [1.165, 1.54) is 0 Å². The second-order valence-electron chi connectivity index (χ2n) is 4.92. The van der Waals surface area contributed by atoms with Crippen molar-refractivity contribution in [1.29, 1.82) is 0 Å². The Morgan fingerprint density at radius 3 is 2.70 bits per heavy atom. The largest absolute Gasteiger partial charge is 0.445 e. The van der Waals surface area contributed by atoms with E-state index in [-0.39, 0.29) is 6.09 Å². The summed E-state index contributed by atoms with van der Waals surface area (Å²) in [6.07, 6.45) is -0.276. The Balaban J connectivity index is 1.66. The summed E-state index contributed by atoms with van der Waals surface area (Å²) in [6.45, 7) is 5.29. The van der Waals surface area contributed by atoms with E-state index in [0.717, 1.165) is 38.4 Å². The molecule has 1 aromatic carbocycles. The summed E-state index contributed by atoms with van der Waals surface area (Å²) in [6, 6.07) is 9.71. The second kappa shape index (κ2) is 7.87. The molecule has 1 heterocycles.